The van der Waals surface area contributed by atoms with Crippen molar-refractivity contribution in [1.82, 2.24) is 4.90 Å². The number of hydrogen-bond donors (Lipinski definition) is 0. The zero-order valence-corrected chi connectivity index (χ0v) is 18.1. The molecule has 0 radical (unpaired) electrons. The lowest BCUT2D eigenvalue weighted by atomic mass is 9.99. The highest BCUT2D eigenvalue weighted by Gasteiger charge is 2.26. The molecular formula is C26H28NO2P. The van der Waals surface area contributed by atoms with Crippen LogP contribution >= 0.6 is 7.92 Å². The standard InChI is InChI=1S/C26H28NO2P/c28-26(29-20-22-10-4-1-5-11-22)27-18-16-23(17-19-27)21-30(24-12-6-2-7-13-24)25-14-8-3-9-15-25/h1-15,23H,16-21H2. The van der Waals surface area contributed by atoms with E-state index in [2.05, 4.69) is 60.7 Å². The van der Waals surface area contributed by atoms with Crippen molar-refractivity contribution in [3.05, 3.63) is 96.6 Å². The summed E-state index contributed by atoms with van der Waals surface area (Å²) in [4.78, 5) is 14.3. The molecule has 30 heavy (non-hydrogen) atoms. The summed E-state index contributed by atoms with van der Waals surface area (Å²) in [6.45, 7) is 1.91. The summed E-state index contributed by atoms with van der Waals surface area (Å²) in [5.41, 5.74) is 1.03. The van der Waals surface area contributed by atoms with E-state index in [0.717, 1.165) is 31.5 Å². The van der Waals surface area contributed by atoms with Gasteiger partial charge < -0.3 is 9.64 Å². The fraction of sp³-hybridized carbons (Fsp3) is 0.269. The molecule has 1 saturated heterocycles. The quantitative estimate of drug-likeness (QED) is 0.518. The van der Waals surface area contributed by atoms with Crippen molar-refractivity contribution in [2.45, 2.75) is 19.4 Å². The maximum Gasteiger partial charge on any atom is 0.410 e. The molecule has 3 aromatic carbocycles. The number of hydrogen-bond acceptors (Lipinski definition) is 2. The number of carbonyl (C=O) groups excluding carboxylic acids is 1. The molecule has 1 amide bonds. The van der Waals surface area contributed by atoms with Gasteiger partial charge in [-0.25, -0.2) is 4.79 Å². The Morgan fingerprint density at radius 1 is 0.800 bits per heavy atom. The van der Waals surface area contributed by atoms with E-state index in [1.54, 1.807) is 0 Å². The highest BCUT2D eigenvalue weighted by Crippen LogP contribution is 2.38. The lowest BCUT2D eigenvalue weighted by Crippen LogP contribution is -2.39. The third kappa shape index (κ3) is 5.49. The Bertz CT molecular complexity index is 870. The van der Waals surface area contributed by atoms with E-state index in [1.165, 1.54) is 16.8 Å². The van der Waals surface area contributed by atoms with Crippen molar-refractivity contribution >= 4 is 24.6 Å². The van der Waals surface area contributed by atoms with Gasteiger partial charge in [0.1, 0.15) is 6.61 Å². The Balaban J connectivity index is 1.33. The first kappa shape index (κ1) is 20.6. The van der Waals surface area contributed by atoms with E-state index in [1.807, 2.05) is 35.2 Å². The third-order valence-corrected chi connectivity index (χ3v) is 8.38. The SMILES string of the molecule is O=C(OCc1ccccc1)N1CCC(CP(c2ccccc2)c2ccccc2)CC1. The summed E-state index contributed by atoms with van der Waals surface area (Å²) >= 11 is 0. The fourth-order valence-electron chi connectivity index (χ4n) is 3.94. The van der Waals surface area contributed by atoms with Crippen LogP contribution in [0, 0.1) is 5.92 Å². The third-order valence-electron chi connectivity index (χ3n) is 5.65. The van der Waals surface area contributed by atoms with Crippen LogP contribution in [0.4, 0.5) is 4.79 Å². The van der Waals surface area contributed by atoms with Gasteiger partial charge >= 0.3 is 6.09 Å². The number of rotatable bonds is 6. The summed E-state index contributed by atoms with van der Waals surface area (Å²) in [6, 6.07) is 31.6. The van der Waals surface area contributed by atoms with Gasteiger partial charge in [-0.2, -0.15) is 0 Å². The Morgan fingerprint density at radius 3 is 1.83 bits per heavy atom. The maximum atomic E-state index is 12.5. The van der Waals surface area contributed by atoms with Gasteiger partial charge in [-0.15, -0.1) is 0 Å². The summed E-state index contributed by atoms with van der Waals surface area (Å²) in [7, 11) is -0.375. The predicted molar refractivity (Wildman–Crippen MR) is 125 cm³/mol. The molecule has 0 N–H and O–H groups in total. The van der Waals surface area contributed by atoms with E-state index >= 15 is 0 Å². The second-order valence-electron chi connectivity index (χ2n) is 7.75. The molecule has 1 fully saturated rings. The monoisotopic (exact) mass is 417 g/mol. The first-order valence-corrected chi connectivity index (χ1v) is 12.2. The van der Waals surface area contributed by atoms with E-state index in [-0.39, 0.29) is 14.0 Å². The van der Waals surface area contributed by atoms with E-state index in [9.17, 15) is 4.79 Å². The van der Waals surface area contributed by atoms with E-state index in [4.69, 9.17) is 4.74 Å². The minimum absolute atomic E-state index is 0.189. The minimum atomic E-state index is -0.375. The van der Waals surface area contributed by atoms with Crippen LogP contribution in [0.1, 0.15) is 18.4 Å². The first-order valence-electron chi connectivity index (χ1n) is 10.6. The summed E-state index contributed by atoms with van der Waals surface area (Å²) in [5.74, 6) is 0.634. The van der Waals surface area contributed by atoms with Crippen LogP contribution in [0.5, 0.6) is 0 Å². The van der Waals surface area contributed by atoms with Crippen molar-refractivity contribution in [3.63, 3.8) is 0 Å². The van der Waals surface area contributed by atoms with Crippen LogP contribution in [0.25, 0.3) is 0 Å². The number of amides is 1. The molecule has 0 atom stereocenters. The van der Waals surface area contributed by atoms with Gasteiger partial charge in [-0.1, -0.05) is 91.0 Å². The minimum Gasteiger partial charge on any atom is -0.445 e. The van der Waals surface area contributed by atoms with Gasteiger partial charge in [-0.05, 0) is 49.0 Å². The van der Waals surface area contributed by atoms with Crippen molar-refractivity contribution in [1.29, 1.82) is 0 Å². The molecule has 1 aliphatic heterocycles. The van der Waals surface area contributed by atoms with Gasteiger partial charge in [0.15, 0.2) is 0 Å². The largest absolute Gasteiger partial charge is 0.445 e. The molecule has 0 aliphatic carbocycles. The molecule has 4 rings (SSSR count). The van der Waals surface area contributed by atoms with Crippen LogP contribution < -0.4 is 10.6 Å². The Hall–Kier alpha value is -2.64. The molecule has 1 heterocycles. The molecule has 1 aliphatic rings. The number of ether oxygens (including phenoxy) is 1. The maximum absolute atomic E-state index is 12.5. The molecule has 4 heteroatoms. The highest BCUT2D eigenvalue weighted by molar-refractivity contribution is 7.73. The zero-order valence-electron chi connectivity index (χ0n) is 17.2. The first-order chi connectivity index (χ1) is 14.8. The average molecular weight is 417 g/mol. The molecule has 0 bridgehead atoms. The van der Waals surface area contributed by atoms with Crippen molar-refractivity contribution in [3.8, 4) is 0 Å². The number of likely N-dealkylation sites (tertiary alicyclic amines) is 1. The van der Waals surface area contributed by atoms with Gasteiger partial charge in [0.2, 0.25) is 0 Å². The van der Waals surface area contributed by atoms with Crippen molar-refractivity contribution in [2.24, 2.45) is 5.92 Å². The molecule has 3 aromatic rings. The fourth-order valence-corrected chi connectivity index (χ4v) is 6.61. The van der Waals surface area contributed by atoms with Gasteiger partial charge in [0.25, 0.3) is 0 Å². The van der Waals surface area contributed by atoms with Gasteiger partial charge in [0.05, 0.1) is 0 Å². The summed E-state index contributed by atoms with van der Waals surface area (Å²) < 4.78 is 5.51. The normalized spacial score (nSPS) is 14.6. The molecule has 154 valence electrons. The van der Waals surface area contributed by atoms with Crippen molar-refractivity contribution in [2.75, 3.05) is 19.3 Å². The smallest absolute Gasteiger partial charge is 0.410 e. The number of nitrogens with zero attached hydrogens (tertiary/aromatic N) is 1. The van der Waals surface area contributed by atoms with Crippen LogP contribution in [-0.2, 0) is 11.3 Å². The van der Waals surface area contributed by atoms with E-state index in [0.29, 0.717) is 12.5 Å². The zero-order chi connectivity index (χ0) is 20.6. The Morgan fingerprint density at radius 2 is 1.30 bits per heavy atom. The molecule has 0 saturated carbocycles. The lowest BCUT2D eigenvalue weighted by molar-refractivity contribution is 0.0840. The van der Waals surface area contributed by atoms with Crippen molar-refractivity contribution < 1.29 is 9.53 Å². The molecule has 0 unspecified atom stereocenters. The highest BCUT2D eigenvalue weighted by atomic mass is 31.1. The Kier molecular flexibility index (Phi) is 7.16. The van der Waals surface area contributed by atoms with Crippen LogP contribution in [-0.4, -0.2) is 30.2 Å². The molecular weight excluding hydrogens is 389 g/mol. The molecule has 0 spiro atoms. The summed E-state index contributed by atoms with van der Waals surface area (Å²) in [5, 5.41) is 2.87. The van der Waals surface area contributed by atoms with Gasteiger partial charge in [0, 0.05) is 13.1 Å². The lowest BCUT2D eigenvalue weighted by Gasteiger charge is -2.33. The van der Waals surface area contributed by atoms with E-state index < -0.39 is 0 Å². The molecule has 3 nitrogen and oxygen atoms in total. The molecule has 0 aromatic heterocycles. The van der Waals surface area contributed by atoms with Gasteiger partial charge in [-0.3, -0.25) is 0 Å². The van der Waals surface area contributed by atoms with Crippen LogP contribution in [0.2, 0.25) is 0 Å². The topological polar surface area (TPSA) is 29.5 Å². The number of carbonyl (C=O) groups is 1. The predicted octanol–water partition coefficient (Wildman–Crippen LogP) is 5.17. The number of benzene rings is 3. The van der Waals surface area contributed by atoms with Crippen LogP contribution in [0.15, 0.2) is 91.0 Å². The Labute approximate surface area is 180 Å². The summed E-state index contributed by atoms with van der Waals surface area (Å²) in [6.07, 6.45) is 3.07. The second-order valence-corrected chi connectivity index (χ2v) is 10.0. The van der Waals surface area contributed by atoms with Crippen LogP contribution in [0.3, 0.4) is 0 Å². The number of piperidine rings is 1. The second kappa shape index (κ2) is 10.4. The average Bonchev–Trinajstić information content (AvgIpc) is 2.83.